The van der Waals surface area contributed by atoms with Gasteiger partial charge in [0.15, 0.2) is 5.16 Å². The highest BCUT2D eigenvalue weighted by Crippen LogP contribution is 2.28. The zero-order valence-electron chi connectivity index (χ0n) is 15.3. The van der Waals surface area contributed by atoms with Crippen molar-refractivity contribution in [2.75, 3.05) is 0 Å². The van der Waals surface area contributed by atoms with Crippen molar-refractivity contribution in [1.29, 1.82) is 5.26 Å². The molecule has 4 aromatic rings. The quantitative estimate of drug-likeness (QED) is 0.289. The maximum atomic E-state index is 9.50. The van der Waals surface area contributed by atoms with Gasteiger partial charge in [0.2, 0.25) is 0 Å². The summed E-state index contributed by atoms with van der Waals surface area (Å²) < 4.78 is 5.80. The molecule has 142 valence electrons. The number of halogens is 1. The molecule has 1 N–H and O–H groups in total. The smallest absolute Gasteiger partial charge is 0.171 e. The highest BCUT2D eigenvalue weighted by atomic mass is 35.5. The fraction of sp³-hybridized carbons (Fsp3) is 0.0435. The molecule has 0 amide bonds. The molecule has 0 fully saturated rings. The first-order valence-corrected chi connectivity index (χ1v) is 10.1. The van der Waals surface area contributed by atoms with Gasteiger partial charge in [-0.15, -0.1) is 0 Å². The van der Waals surface area contributed by atoms with Gasteiger partial charge in [0.25, 0.3) is 0 Å². The number of allylic oxidation sites excluding steroid dienone is 1. The van der Waals surface area contributed by atoms with Gasteiger partial charge < -0.3 is 9.72 Å². The molecule has 6 heteroatoms. The number of imidazole rings is 1. The first-order chi connectivity index (χ1) is 14.2. The zero-order valence-corrected chi connectivity index (χ0v) is 16.9. The summed E-state index contributed by atoms with van der Waals surface area (Å²) in [5.74, 6) is 0.741. The summed E-state index contributed by atoms with van der Waals surface area (Å²) in [6.07, 6.45) is 1.83. The third-order valence-corrected chi connectivity index (χ3v) is 5.40. The van der Waals surface area contributed by atoms with Crippen molar-refractivity contribution in [1.82, 2.24) is 9.97 Å². The van der Waals surface area contributed by atoms with Crippen LogP contribution in [0.1, 0.15) is 11.1 Å². The minimum atomic E-state index is 0.403. The van der Waals surface area contributed by atoms with E-state index in [2.05, 4.69) is 16.0 Å². The molecule has 0 atom stereocenters. The van der Waals surface area contributed by atoms with Crippen LogP contribution in [0, 0.1) is 11.3 Å². The number of hydrogen-bond donors (Lipinski definition) is 1. The fourth-order valence-electron chi connectivity index (χ4n) is 2.75. The van der Waals surface area contributed by atoms with Crippen molar-refractivity contribution in [3.8, 4) is 11.8 Å². The number of nitriles is 1. The van der Waals surface area contributed by atoms with Crippen molar-refractivity contribution in [2.24, 2.45) is 0 Å². The number of benzene rings is 3. The Kier molecular flexibility index (Phi) is 5.85. The standard InChI is InChI=1S/C23H16ClN3OS/c24-20-6-2-1-5-17(20)15-28-18-11-9-16(10-12-18)13-19(14-25)29-23-26-21-7-3-4-8-22(21)27-23/h1-13H,15H2,(H,26,27)/b19-13+. The number of hydrogen-bond acceptors (Lipinski definition) is 4. The average molecular weight is 418 g/mol. The average Bonchev–Trinajstić information content (AvgIpc) is 3.16. The molecule has 0 unspecified atom stereocenters. The number of nitrogens with zero attached hydrogens (tertiary/aromatic N) is 2. The molecular formula is C23H16ClN3OS. The summed E-state index contributed by atoms with van der Waals surface area (Å²) in [6, 6.07) is 25.2. The second kappa shape index (κ2) is 8.87. The lowest BCUT2D eigenvalue weighted by molar-refractivity contribution is 0.306. The van der Waals surface area contributed by atoms with E-state index >= 15 is 0 Å². The van der Waals surface area contributed by atoms with Crippen LogP contribution in [-0.4, -0.2) is 9.97 Å². The Bertz CT molecular complexity index is 1180. The Hall–Kier alpha value is -3.20. The zero-order chi connectivity index (χ0) is 20.1. The molecule has 0 saturated carbocycles. The summed E-state index contributed by atoms with van der Waals surface area (Å²) in [6.45, 7) is 0.403. The fourth-order valence-corrected chi connectivity index (χ4v) is 3.70. The molecule has 4 nitrogen and oxygen atoms in total. The largest absolute Gasteiger partial charge is 0.489 e. The number of aromatic nitrogens is 2. The van der Waals surface area contributed by atoms with Crippen LogP contribution in [-0.2, 0) is 6.61 Å². The van der Waals surface area contributed by atoms with E-state index in [0.29, 0.717) is 21.7 Å². The van der Waals surface area contributed by atoms with Crippen LogP contribution in [0.25, 0.3) is 17.1 Å². The van der Waals surface area contributed by atoms with E-state index in [9.17, 15) is 5.26 Å². The lowest BCUT2D eigenvalue weighted by Crippen LogP contribution is -1.95. The highest BCUT2D eigenvalue weighted by molar-refractivity contribution is 8.03. The molecule has 4 rings (SSSR count). The molecule has 3 aromatic carbocycles. The number of para-hydroxylation sites is 2. The molecule has 0 aliphatic carbocycles. The number of nitrogens with one attached hydrogen (secondary N) is 1. The highest BCUT2D eigenvalue weighted by Gasteiger charge is 2.07. The minimum absolute atomic E-state index is 0.403. The molecular weight excluding hydrogens is 402 g/mol. The summed E-state index contributed by atoms with van der Waals surface area (Å²) in [4.78, 5) is 8.27. The van der Waals surface area contributed by atoms with Crippen LogP contribution < -0.4 is 4.74 Å². The van der Waals surface area contributed by atoms with E-state index in [4.69, 9.17) is 16.3 Å². The van der Waals surface area contributed by atoms with E-state index in [1.165, 1.54) is 11.8 Å². The van der Waals surface area contributed by atoms with Crippen molar-refractivity contribution >= 4 is 40.5 Å². The second-order valence-electron chi connectivity index (χ2n) is 6.23. The van der Waals surface area contributed by atoms with E-state index in [1.54, 1.807) is 0 Å². The summed E-state index contributed by atoms with van der Waals surface area (Å²) in [5, 5.41) is 10.9. The Morgan fingerprint density at radius 1 is 1.07 bits per heavy atom. The first-order valence-electron chi connectivity index (χ1n) is 8.92. The number of ether oxygens (including phenoxy) is 1. The third kappa shape index (κ3) is 4.80. The van der Waals surface area contributed by atoms with Gasteiger partial charge in [0.05, 0.1) is 15.9 Å². The van der Waals surface area contributed by atoms with Gasteiger partial charge >= 0.3 is 0 Å². The number of fused-ring (bicyclic) bond motifs is 1. The van der Waals surface area contributed by atoms with Gasteiger partial charge in [-0.3, -0.25) is 0 Å². The Morgan fingerprint density at radius 3 is 2.59 bits per heavy atom. The molecule has 29 heavy (non-hydrogen) atoms. The Labute approximate surface area is 177 Å². The molecule has 0 radical (unpaired) electrons. The minimum Gasteiger partial charge on any atom is -0.489 e. The maximum Gasteiger partial charge on any atom is 0.171 e. The number of H-pyrrole nitrogens is 1. The lowest BCUT2D eigenvalue weighted by atomic mass is 10.2. The van der Waals surface area contributed by atoms with Gasteiger partial charge in [0.1, 0.15) is 18.4 Å². The normalized spacial score (nSPS) is 11.4. The molecule has 0 aliphatic rings. The van der Waals surface area contributed by atoms with E-state index < -0.39 is 0 Å². The predicted molar refractivity (Wildman–Crippen MR) is 118 cm³/mol. The molecule has 0 spiro atoms. The second-order valence-corrected chi connectivity index (χ2v) is 7.67. The van der Waals surface area contributed by atoms with E-state index in [-0.39, 0.29) is 0 Å². The van der Waals surface area contributed by atoms with Crippen LogP contribution >= 0.6 is 23.4 Å². The van der Waals surface area contributed by atoms with Crippen molar-refractivity contribution < 1.29 is 4.74 Å². The van der Waals surface area contributed by atoms with Gasteiger partial charge in [-0.2, -0.15) is 5.26 Å². The summed E-state index contributed by atoms with van der Waals surface area (Å²) >= 11 is 7.46. The number of aromatic amines is 1. The number of rotatable bonds is 6. The SMILES string of the molecule is N#C/C(=C\c1ccc(OCc2ccccc2Cl)cc1)Sc1nc2ccccc2[nH]1. The molecule has 1 heterocycles. The topological polar surface area (TPSA) is 61.7 Å². The molecule has 0 aliphatic heterocycles. The van der Waals surface area contributed by atoms with Crippen molar-refractivity contribution in [2.45, 2.75) is 11.8 Å². The summed E-state index contributed by atoms with van der Waals surface area (Å²) in [5.41, 5.74) is 3.68. The Balaban J connectivity index is 1.43. The van der Waals surface area contributed by atoms with Crippen LogP contribution in [0.4, 0.5) is 0 Å². The maximum absolute atomic E-state index is 9.50. The Morgan fingerprint density at radius 2 is 1.83 bits per heavy atom. The van der Waals surface area contributed by atoms with Crippen molar-refractivity contribution in [3.63, 3.8) is 0 Å². The van der Waals surface area contributed by atoms with Gasteiger partial charge in [0, 0.05) is 10.6 Å². The monoisotopic (exact) mass is 417 g/mol. The van der Waals surface area contributed by atoms with Gasteiger partial charge in [-0.05, 0) is 53.7 Å². The van der Waals surface area contributed by atoms with Crippen LogP contribution in [0.15, 0.2) is 82.9 Å². The molecule has 0 saturated heterocycles. The first kappa shape index (κ1) is 19.1. The van der Waals surface area contributed by atoms with E-state index in [0.717, 1.165) is 27.9 Å². The lowest BCUT2D eigenvalue weighted by Gasteiger charge is -2.08. The molecule has 1 aromatic heterocycles. The summed E-state index contributed by atoms with van der Waals surface area (Å²) in [7, 11) is 0. The van der Waals surface area contributed by atoms with Crippen LogP contribution in [0.2, 0.25) is 5.02 Å². The predicted octanol–water partition coefficient (Wildman–Crippen LogP) is 6.45. The number of thioether (sulfide) groups is 1. The van der Waals surface area contributed by atoms with Crippen LogP contribution in [0.5, 0.6) is 5.75 Å². The van der Waals surface area contributed by atoms with Crippen LogP contribution in [0.3, 0.4) is 0 Å². The van der Waals surface area contributed by atoms with Gasteiger partial charge in [-0.25, -0.2) is 4.98 Å². The van der Waals surface area contributed by atoms with Crippen molar-refractivity contribution in [3.05, 3.63) is 93.9 Å². The van der Waals surface area contributed by atoms with Gasteiger partial charge in [-0.1, -0.05) is 54.1 Å². The molecule has 0 bridgehead atoms. The third-order valence-electron chi connectivity index (χ3n) is 4.21. The van der Waals surface area contributed by atoms with E-state index in [1.807, 2.05) is 78.9 Å².